The Kier molecular flexibility index (Phi) is 6.70. The Morgan fingerprint density at radius 3 is 2.53 bits per heavy atom. The zero-order chi connectivity index (χ0) is 11.8. The van der Waals surface area contributed by atoms with Gasteiger partial charge in [0, 0.05) is 13.0 Å². The highest BCUT2D eigenvalue weighted by molar-refractivity contribution is 5.69. The molecule has 0 aliphatic heterocycles. The Balaban J connectivity index is 3.61. The van der Waals surface area contributed by atoms with E-state index in [4.69, 9.17) is 5.11 Å². The average Bonchev–Trinajstić information content (AvgIpc) is 2.17. The summed E-state index contributed by atoms with van der Waals surface area (Å²) in [6.07, 6.45) is 1.07. The lowest BCUT2D eigenvalue weighted by Crippen LogP contribution is -2.29. The van der Waals surface area contributed by atoms with Gasteiger partial charge in [-0.15, -0.1) is 0 Å². The largest absolute Gasteiger partial charge is 0.481 e. The number of hydrogen-bond donors (Lipinski definition) is 1. The summed E-state index contributed by atoms with van der Waals surface area (Å²) in [5, 5.41) is 8.68. The van der Waals surface area contributed by atoms with Gasteiger partial charge in [-0.25, -0.2) is 0 Å². The molecule has 0 rings (SSSR count). The number of carbonyl (C=O) groups excluding carboxylic acids is 1. The smallest absolute Gasteiger partial charge is 0.307 e. The lowest BCUT2D eigenvalue weighted by atomic mass is 10.1. The van der Waals surface area contributed by atoms with E-state index in [0.717, 1.165) is 0 Å². The molecule has 1 N–H and O–H groups in total. The zero-order valence-corrected chi connectivity index (χ0v) is 9.52. The molecule has 1 atom stereocenters. The van der Waals surface area contributed by atoms with Gasteiger partial charge in [-0.1, -0.05) is 6.92 Å². The first-order valence-corrected chi connectivity index (χ1v) is 4.95. The lowest BCUT2D eigenvalue weighted by Gasteiger charge is -2.18. The number of carbonyl (C=O) groups is 2. The third-order valence-electron chi connectivity index (χ3n) is 2.16. The minimum absolute atomic E-state index is 0.227. The van der Waals surface area contributed by atoms with Gasteiger partial charge in [-0.05, 0) is 20.0 Å². The van der Waals surface area contributed by atoms with Crippen LogP contribution in [0.4, 0.5) is 0 Å². The van der Waals surface area contributed by atoms with Crippen LogP contribution in [0.3, 0.4) is 0 Å². The van der Waals surface area contributed by atoms with Crippen molar-refractivity contribution in [2.24, 2.45) is 5.92 Å². The number of nitrogens with zero attached hydrogens (tertiary/aromatic N) is 1. The highest BCUT2D eigenvalue weighted by Gasteiger charge is 2.13. The van der Waals surface area contributed by atoms with Gasteiger partial charge in [-0.2, -0.15) is 0 Å². The first-order chi connectivity index (χ1) is 6.97. The number of aliphatic carboxylic acids is 1. The number of hydrogen-bond acceptors (Lipinski definition) is 4. The second-order valence-corrected chi connectivity index (χ2v) is 3.68. The molecule has 0 saturated carbocycles. The molecule has 0 aromatic heterocycles. The molecule has 0 aliphatic carbocycles. The average molecular weight is 217 g/mol. The van der Waals surface area contributed by atoms with E-state index in [-0.39, 0.29) is 11.9 Å². The van der Waals surface area contributed by atoms with Gasteiger partial charge < -0.3 is 14.7 Å². The predicted molar refractivity (Wildman–Crippen MR) is 55.5 cm³/mol. The zero-order valence-electron chi connectivity index (χ0n) is 9.52. The lowest BCUT2D eigenvalue weighted by molar-refractivity contribution is -0.142. The van der Waals surface area contributed by atoms with Crippen LogP contribution >= 0.6 is 0 Å². The summed E-state index contributed by atoms with van der Waals surface area (Å²) in [7, 11) is 3.20. The SMILES string of the molecule is COC(=O)CCCN(C)CC(C)C(=O)O. The van der Waals surface area contributed by atoms with Crippen molar-refractivity contribution in [3.63, 3.8) is 0 Å². The van der Waals surface area contributed by atoms with Crippen LogP contribution < -0.4 is 0 Å². The summed E-state index contributed by atoms with van der Waals surface area (Å²) in [6, 6.07) is 0. The van der Waals surface area contributed by atoms with Crippen molar-refractivity contribution in [3.8, 4) is 0 Å². The Labute approximate surface area is 90.0 Å². The van der Waals surface area contributed by atoms with Crippen molar-refractivity contribution >= 4 is 11.9 Å². The molecule has 1 unspecified atom stereocenters. The number of methoxy groups -OCH3 is 1. The molecule has 0 saturated heterocycles. The van der Waals surface area contributed by atoms with Crippen molar-refractivity contribution in [1.82, 2.24) is 4.90 Å². The highest BCUT2D eigenvalue weighted by Crippen LogP contribution is 2.00. The van der Waals surface area contributed by atoms with Gasteiger partial charge in [0.1, 0.15) is 0 Å². The Hall–Kier alpha value is -1.10. The van der Waals surface area contributed by atoms with Gasteiger partial charge in [0.15, 0.2) is 0 Å². The molecule has 0 radical (unpaired) electrons. The van der Waals surface area contributed by atoms with Crippen molar-refractivity contribution in [2.45, 2.75) is 19.8 Å². The monoisotopic (exact) mass is 217 g/mol. The van der Waals surface area contributed by atoms with Gasteiger partial charge in [0.2, 0.25) is 0 Å². The van der Waals surface area contributed by atoms with E-state index in [1.807, 2.05) is 11.9 Å². The summed E-state index contributed by atoms with van der Waals surface area (Å²) in [4.78, 5) is 23.3. The van der Waals surface area contributed by atoms with E-state index in [1.165, 1.54) is 7.11 Å². The minimum Gasteiger partial charge on any atom is -0.481 e. The Morgan fingerprint density at radius 1 is 1.47 bits per heavy atom. The Bertz CT molecular complexity index is 217. The molecule has 0 spiro atoms. The molecule has 88 valence electrons. The van der Waals surface area contributed by atoms with Crippen LogP contribution in [0.25, 0.3) is 0 Å². The van der Waals surface area contributed by atoms with Crippen LogP contribution in [-0.4, -0.2) is 49.2 Å². The summed E-state index contributed by atoms with van der Waals surface area (Å²) in [5.74, 6) is -1.40. The van der Waals surface area contributed by atoms with E-state index < -0.39 is 5.97 Å². The third kappa shape index (κ3) is 6.90. The first kappa shape index (κ1) is 13.9. The van der Waals surface area contributed by atoms with Gasteiger partial charge in [-0.3, -0.25) is 9.59 Å². The maximum Gasteiger partial charge on any atom is 0.307 e. The fourth-order valence-corrected chi connectivity index (χ4v) is 1.23. The third-order valence-corrected chi connectivity index (χ3v) is 2.16. The van der Waals surface area contributed by atoms with Crippen LogP contribution in [0, 0.1) is 5.92 Å². The molecule has 0 bridgehead atoms. The summed E-state index contributed by atoms with van der Waals surface area (Å²) < 4.78 is 4.50. The van der Waals surface area contributed by atoms with E-state index in [0.29, 0.717) is 25.9 Å². The molecule has 15 heavy (non-hydrogen) atoms. The Morgan fingerprint density at radius 2 is 2.07 bits per heavy atom. The second-order valence-electron chi connectivity index (χ2n) is 3.68. The van der Waals surface area contributed by atoms with Crippen molar-refractivity contribution in [3.05, 3.63) is 0 Å². The quantitative estimate of drug-likeness (QED) is 0.632. The second kappa shape index (κ2) is 7.23. The first-order valence-electron chi connectivity index (χ1n) is 4.95. The predicted octanol–water partition coefficient (Wildman–Crippen LogP) is 0.592. The molecule has 0 heterocycles. The fraction of sp³-hybridized carbons (Fsp3) is 0.800. The molecule has 0 amide bonds. The number of carboxylic acid groups (broad SMARTS) is 1. The van der Waals surface area contributed by atoms with Crippen LogP contribution in [-0.2, 0) is 14.3 Å². The molecular weight excluding hydrogens is 198 g/mol. The normalized spacial score (nSPS) is 12.5. The van der Waals surface area contributed by atoms with Crippen LogP contribution in [0.15, 0.2) is 0 Å². The van der Waals surface area contributed by atoms with Gasteiger partial charge in [0.05, 0.1) is 13.0 Å². The maximum atomic E-state index is 10.8. The topological polar surface area (TPSA) is 66.8 Å². The summed E-state index contributed by atoms with van der Waals surface area (Å²) >= 11 is 0. The maximum absolute atomic E-state index is 10.8. The van der Waals surface area contributed by atoms with Crippen molar-refractivity contribution < 1.29 is 19.4 Å². The molecule has 5 nitrogen and oxygen atoms in total. The minimum atomic E-state index is -0.796. The van der Waals surface area contributed by atoms with Crippen LogP contribution in [0.2, 0.25) is 0 Å². The standard InChI is InChI=1S/C10H19NO4/c1-8(10(13)14)7-11(2)6-4-5-9(12)15-3/h8H,4-7H2,1-3H3,(H,13,14). The van der Waals surface area contributed by atoms with E-state index >= 15 is 0 Å². The number of esters is 1. The molecule has 0 aliphatic rings. The van der Waals surface area contributed by atoms with Crippen LogP contribution in [0.1, 0.15) is 19.8 Å². The van der Waals surface area contributed by atoms with E-state index in [1.54, 1.807) is 6.92 Å². The van der Waals surface area contributed by atoms with Crippen molar-refractivity contribution in [2.75, 3.05) is 27.2 Å². The number of rotatable bonds is 7. The van der Waals surface area contributed by atoms with Gasteiger partial charge in [0.25, 0.3) is 0 Å². The van der Waals surface area contributed by atoms with E-state index in [2.05, 4.69) is 4.74 Å². The molecule has 5 heteroatoms. The molecular formula is C10H19NO4. The van der Waals surface area contributed by atoms with Crippen LogP contribution in [0.5, 0.6) is 0 Å². The molecule has 0 fully saturated rings. The fourth-order valence-electron chi connectivity index (χ4n) is 1.23. The van der Waals surface area contributed by atoms with Crippen molar-refractivity contribution in [1.29, 1.82) is 0 Å². The number of ether oxygens (including phenoxy) is 1. The molecule has 0 aromatic carbocycles. The highest BCUT2D eigenvalue weighted by atomic mass is 16.5. The summed E-state index contributed by atoms with van der Waals surface area (Å²) in [6.45, 7) is 2.86. The molecule has 0 aromatic rings. The van der Waals surface area contributed by atoms with Gasteiger partial charge >= 0.3 is 11.9 Å². The van der Waals surface area contributed by atoms with E-state index in [9.17, 15) is 9.59 Å². The number of carboxylic acids is 1. The summed E-state index contributed by atoms with van der Waals surface area (Å²) in [5.41, 5.74) is 0.